The van der Waals surface area contributed by atoms with Crippen LogP contribution in [0.15, 0.2) is 36.4 Å². The number of imide groups is 1. The molecule has 0 radical (unpaired) electrons. The van der Waals surface area contributed by atoms with E-state index in [4.69, 9.17) is 34.8 Å². The molecule has 3 amide bonds. The van der Waals surface area contributed by atoms with Gasteiger partial charge in [-0.25, -0.2) is 9.18 Å². The number of amides is 3. The van der Waals surface area contributed by atoms with Gasteiger partial charge in [0.15, 0.2) is 0 Å². The monoisotopic (exact) mass is 360 g/mol. The minimum Gasteiger partial charge on any atom is -0.308 e. The topological polar surface area (TPSA) is 58.2 Å². The largest absolute Gasteiger partial charge is 0.326 e. The second-order valence-corrected chi connectivity index (χ2v) is 5.33. The van der Waals surface area contributed by atoms with E-state index in [1.165, 1.54) is 30.3 Å². The van der Waals surface area contributed by atoms with E-state index in [1.54, 1.807) is 0 Å². The lowest BCUT2D eigenvalue weighted by Gasteiger charge is -2.09. The summed E-state index contributed by atoms with van der Waals surface area (Å²) in [7, 11) is 0. The first-order chi connectivity index (χ1) is 10.4. The molecule has 4 nitrogen and oxygen atoms in total. The Kier molecular flexibility index (Phi) is 5.24. The zero-order valence-corrected chi connectivity index (χ0v) is 13.1. The van der Waals surface area contributed by atoms with E-state index >= 15 is 0 Å². The molecule has 0 spiro atoms. The minimum atomic E-state index is -0.873. The molecule has 22 heavy (non-hydrogen) atoms. The highest BCUT2D eigenvalue weighted by molar-refractivity contribution is 6.48. The highest BCUT2D eigenvalue weighted by Crippen LogP contribution is 2.33. The molecule has 114 valence electrons. The van der Waals surface area contributed by atoms with Crippen LogP contribution in [0.3, 0.4) is 0 Å². The number of hydrogen-bond acceptors (Lipinski definition) is 2. The quantitative estimate of drug-likeness (QED) is 0.759. The summed E-state index contributed by atoms with van der Waals surface area (Å²) in [6.07, 6.45) is 0. The highest BCUT2D eigenvalue weighted by atomic mass is 35.5. The molecule has 0 fully saturated rings. The van der Waals surface area contributed by atoms with E-state index in [0.717, 1.165) is 6.07 Å². The zero-order chi connectivity index (χ0) is 16.3. The van der Waals surface area contributed by atoms with Crippen molar-refractivity contribution in [3.05, 3.63) is 62.8 Å². The summed E-state index contributed by atoms with van der Waals surface area (Å²) in [5.74, 6) is -1.60. The minimum absolute atomic E-state index is 0.143. The van der Waals surface area contributed by atoms with Gasteiger partial charge in [-0.2, -0.15) is 0 Å². The number of halogens is 4. The normalized spacial score (nSPS) is 10.2. The van der Waals surface area contributed by atoms with E-state index in [2.05, 4.69) is 5.32 Å². The van der Waals surface area contributed by atoms with Gasteiger partial charge in [0.25, 0.3) is 5.91 Å². The summed E-state index contributed by atoms with van der Waals surface area (Å²) in [6.45, 7) is 0. The Morgan fingerprint density at radius 1 is 1.00 bits per heavy atom. The first-order valence-electron chi connectivity index (χ1n) is 5.90. The van der Waals surface area contributed by atoms with Crippen LogP contribution in [0.1, 0.15) is 10.4 Å². The molecule has 2 aromatic carbocycles. The van der Waals surface area contributed by atoms with Crippen LogP contribution >= 0.6 is 34.8 Å². The molecule has 0 unspecified atom stereocenters. The van der Waals surface area contributed by atoms with Crippen LogP contribution in [-0.4, -0.2) is 11.9 Å². The number of carbonyl (C=O) groups is 2. The van der Waals surface area contributed by atoms with Crippen molar-refractivity contribution < 1.29 is 14.0 Å². The maximum absolute atomic E-state index is 13.4. The van der Waals surface area contributed by atoms with Gasteiger partial charge in [0.1, 0.15) is 5.82 Å². The van der Waals surface area contributed by atoms with Crippen LogP contribution in [0, 0.1) is 5.82 Å². The molecule has 2 N–H and O–H groups in total. The lowest BCUT2D eigenvalue weighted by molar-refractivity contribution is 0.0963. The van der Waals surface area contributed by atoms with Gasteiger partial charge in [-0.05, 0) is 24.3 Å². The van der Waals surface area contributed by atoms with Crippen molar-refractivity contribution >= 4 is 52.4 Å². The zero-order valence-electron chi connectivity index (χ0n) is 10.8. The number of anilines is 1. The van der Waals surface area contributed by atoms with Crippen molar-refractivity contribution in [1.82, 2.24) is 5.32 Å². The average molecular weight is 362 g/mol. The fourth-order valence-corrected chi connectivity index (χ4v) is 2.20. The molecule has 2 aromatic rings. The Morgan fingerprint density at radius 3 is 2.18 bits per heavy atom. The molecule has 0 aliphatic rings. The van der Waals surface area contributed by atoms with Crippen LogP contribution in [0.5, 0.6) is 0 Å². The number of hydrogen-bond donors (Lipinski definition) is 2. The summed E-state index contributed by atoms with van der Waals surface area (Å²) in [5, 5.41) is 4.78. The van der Waals surface area contributed by atoms with E-state index in [0.29, 0.717) is 0 Å². The Labute approximate surface area is 140 Å². The fourth-order valence-electron chi connectivity index (χ4n) is 1.61. The number of carbonyl (C=O) groups excluding carboxylic acids is 2. The standard InChI is InChI=1S/C14H8Cl3FN2O2/c15-9-5-7(6-10(16)12(9)17)19-14(22)20-13(21)8-3-1-2-4-11(8)18/h1-6H,(H2,19,20,21,22). The first kappa shape index (κ1) is 16.5. The summed E-state index contributed by atoms with van der Waals surface area (Å²) < 4.78 is 13.4. The number of rotatable bonds is 2. The fraction of sp³-hybridized carbons (Fsp3) is 0. The van der Waals surface area contributed by atoms with Gasteiger partial charge in [-0.1, -0.05) is 46.9 Å². The Bertz CT molecular complexity index is 730. The smallest absolute Gasteiger partial charge is 0.308 e. The summed E-state index contributed by atoms with van der Waals surface area (Å²) >= 11 is 17.4. The number of urea groups is 1. The molecule has 0 atom stereocenters. The van der Waals surface area contributed by atoms with Crippen molar-refractivity contribution in [1.29, 1.82) is 0 Å². The van der Waals surface area contributed by atoms with Crippen LogP contribution < -0.4 is 10.6 Å². The molecule has 2 rings (SSSR count). The van der Waals surface area contributed by atoms with E-state index < -0.39 is 17.8 Å². The van der Waals surface area contributed by atoms with Crippen molar-refractivity contribution in [3.8, 4) is 0 Å². The Morgan fingerprint density at radius 2 is 1.59 bits per heavy atom. The molecule has 0 bridgehead atoms. The van der Waals surface area contributed by atoms with Crippen LogP contribution in [0.4, 0.5) is 14.9 Å². The van der Waals surface area contributed by atoms with Crippen molar-refractivity contribution in [2.75, 3.05) is 5.32 Å². The van der Waals surface area contributed by atoms with Gasteiger partial charge in [-0.15, -0.1) is 0 Å². The lowest BCUT2D eigenvalue weighted by Crippen LogP contribution is -2.34. The van der Waals surface area contributed by atoms with E-state index in [1.807, 2.05) is 5.32 Å². The third-order valence-electron chi connectivity index (χ3n) is 2.59. The molecular weight excluding hydrogens is 354 g/mol. The van der Waals surface area contributed by atoms with Gasteiger partial charge in [0.05, 0.1) is 20.6 Å². The third kappa shape index (κ3) is 3.88. The van der Waals surface area contributed by atoms with Crippen LogP contribution in [-0.2, 0) is 0 Å². The average Bonchev–Trinajstić information content (AvgIpc) is 2.44. The molecule has 8 heteroatoms. The van der Waals surface area contributed by atoms with E-state index in [9.17, 15) is 14.0 Å². The van der Waals surface area contributed by atoms with Gasteiger partial charge in [0.2, 0.25) is 0 Å². The van der Waals surface area contributed by atoms with Crippen LogP contribution in [0.25, 0.3) is 0 Å². The van der Waals surface area contributed by atoms with Gasteiger partial charge < -0.3 is 5.32 Å². The molecule has 0 saturated carbocycles. The molecule has 0 aliphatic carbocycles. The van der Waals surface area contributed by atoms with Crippen molar-refractivity contribution in [3.63, 3.8) is 0 Å². The molecule has 0 aliphatic heterocycles. The van der Waals surface area contributed by atoms with Gasteiger partial charge in [0, 0.05) is 5.69 Å². The lowest BCUT2D eigenvalue weighted by atomic mass is 10.2. The summed E-state index contributed by atoms with van der Waals surface area (Å²) in [5.41, 5.74) is -0.0111. The van der Waals surface area contributed by atoms with Crippen molar-refractivity contribution in [2.45, 2.75) is 0 Å². The van der Waals surface area contributed by atoms with Crippen LogP contribution in [0.2, 0.25) is 15.1 Å². The molecule has 0 saturated heterocycles. The molecule has 0 heterocycles. The Hall–Kier alpha value is -1.82. The maximum Gasteiger partial charge on any atom is 0.326 e. The second-order valence-electron chi connectivity index (χ2n) is 4.14. The molecular formula is C14H8Cl3FN2O2. The highest BCUT2D eigenvalue weighted by Gasteiger charge is 2.15. The third-order valence-corrected chi connectivity index (χ3v) is 3.78. The summed E-state index contributed by atoms with van der Waals surface area (Å²) in [6, 6.07) is 7.16. The Balaban J connectivity index is 2.08. The number of nitrogens with one attached hydrogen (secondary N) is 2. The summed E-state index contributed by atoms with van der Waals surface area (Å²) in [4.78, 5) is 23.5. The first-order valence-corrected chi connectivity index (χ1v) is 7.03. The predicted molar refractivity (Wildman–Crippen MR) is 84.4 cm³/mol. The van der Waals surface area contributed by atoms with Crippen molar-refractivity contribution in [2.24, 2.45) is 0 Å². The van der Waals surface area contributed by atoms with Gasteiger partial charge in [-0.3, -0.25) is 10.1 Å². The maximum atomic E-state index is 13.4. The SMILES string of the molecule is O=C(NC(=O)c1ccccc1F)Nc1cc(Cl)c(Cl)c(Cl)c1. The van der Waals surface area contributed by atoms with E-state index in [-0.39, 0.29) is 26.3 Å². The molecule has 0 aromatic heterocycles. The van der Waals surface area contributed by atoms with Gasteiger partial charge >= 0.3 is 6.03 Å². The number of benzene rings is 2. The predicted octanol–water partition coefficient (Wildman–Crippen LogP) is 4.75. The second kappa shape index (κ2) is 6.96.